The van der Waals surface area contributed by atoms with Gasteiger partial charge in [-0.1, -0.05) is 23.5 Å². The Morgan fingerprint density at radius 3 is 2.58 bits per heavy atom. The lowest BCUT2D eigenvalue weighted by Crippen LogP contribution is -2.24. The lowest BCUT2D eigenvalue weighted by molar-refractivity contribution is -0.141. The molecule has 12 heteroatoms. The predicted octanol–water partition coefficient (Wildman–Crippen LogP) is 3.34. The highest BCUT2D eigenvalue weighted by Gasteiger charge is 2.39. The maximum atomic E-state index is 13.6. The molecule has 0 aliphatic heterocycles. The van der Waals surface area contributed by atoms with Gasteiger partial charge < -0.3 is 0 Å². The number of carbonyl (C=O) groups is 1. The first-order valence-electron chi connectivity index (χ1n) is 8.79. The Morgan fingerprint density at radius 2 is 1.90 bits per heavy atom. The topological polar surface area (TPSA) is 105 Å². The number of H-pyrrole nitrogens is 1. The summed E-state index contributed by atoms with van der Waals surface area (Å²) in [5.41, 5.74) is -0.364. The maximum Gasteiger partial charge on any atom is 0.433 e. The number of rotatable bonds is 4. The van der Waals surface area contributed by atoms with E-state index in [1.54, 1.807) is 24.3 Å². The smallest absolute Gasteiger partial charge is 0.284 e. The number of fused-ring (bicyclic) bond motifs is 1. The Balaban J connectivity index is 1.76. The van der Waals surface area contributed by atoms with Crippen molar-refractivity contribution < 1.29 is 18.0 Å². The van der Waals surface area contributed by atoms with Crippen LogP contribution in [0.15, 0.2) is 58.7 Å². The second-order valence-electron chi connectivity index (χ2n) is 6.34. The zero-order valence-corrected chi connectivity index (χ0v) is 16.6. The third-order valence-corrected chi connectivity index (χ3v) is 5.30. The number of halogens is 3. The minimum absolute atomic E-state index is 0.0524. The van der Waals surface area contributed by atoms with Crippen LogP contribution in [-0.4, -0.2) is 31.4 Å². The predicted molar refractivity (Wildman–Crippen MR) is 108 cm³/mol. The standard InChI is InChI=1S/C19H13F3N6O2S/c1-10(25-26-16(29)11-6-8-23-9-7-11)14-15(19(20,21)22)27-28(17(14)30)18-24-12-4-2-3-5-13(12)31-18/h2-9,27H,1H3,(H,26,29). The van der Waals surface area contributed by atoms with Gasteiger partial charge in [0.15, 0.2) is 5.69 Å². The zero-order valence-electron chi connectivity index (χ0n) is 15.8. The fourth-order valence-corrected chi connectivity index (χ4v) is 3.75. The molecule has 0 bridgehead atoms. The van der Waals surface area contributed by atoms with Gasteiger partial charge in [-0.05, 0) is 31.2 Å². The van der Waals surface area contributed by atoms with Crippen molar-refractivity contribution >= 4 is 33.2 Å². The first-order chi connectivity index (χ1) is 14.8. The molecule has 3 aromatic heterocycles. The van der Waals surface area contributed by atoms with Crippen LogP contribution in [0.4, 0.5) is 13.2 Å². The van der Waals surface area contributed by atoms with Crippen molar-refractivity contribution in [3.8, 4) is 5.13 Å². The molecule has 0 saturated carbocycles. The van der Waals surface area contributed by atoms with Crippen LogP contribution >= 0.6 is 11.3 Å². The summed E-state index contributed by atoms with van der Waals surface area (Å²) in [5, 5.41) is 5.85. The van der Waals surface area contributed by atoms with Gasteiger partial charge in [-0.3, -0.25) is 19.7 Å². The molecule has 3 heterocycles. The van der Waals surface area contributed by atoms with Crippen LogP contribution < -0.4 is 11.0 Å². The average molecular weight is 446 g/mol. The minimum Gasteiger partial charge on any atom is -0.284 e. The van der Waals surface area contributed by atoms with Gasteiger partial charge in [0.1, 0.15) is 0 Å². The lowest BCUT2D eigenvalue weighted by atomic mass is 10.1. The van der Waals surface area contributed by atoms with Crippen LogP contribution in [0.25, 0.3) is 15.3 Å². The SMILES string of the molecule is CC(=NNC(=O)c1ccncc1)c1c(C(F)(F)F)[nH]n(-c2nc3ccccc3s2)c1=O. The molecule has 1 amide bonds. The summed E-state index contributed by atoms with van der Waals surface area (Å²) in [4.78, 5) is 33.0. The van der Waals surface area contributed by atoms with Gasteiger partial charge in [-0.15, -0.1) is 0 Å². The van der Waals surface area contributed by atoms with Crippen molar-refractivity contribution in [1.29, 1.82) is 0 Å². The molecule has 8 nitrogen and oxygen atoms in total. The van der Waals surface area contributed by atoms with Gasteiger partial charge in [-0.25, -0.2) is 10.4 Å². The molecular weight excluding hydrogens is 433 g/mol. The number of thiazole rings is 1. The van der Waals surface area contributed by atoms with Gasteiger partial charge in [0.25, 0.3) is 11.5 Å². The summed E-state index contributed by atoms with van der Waals surface area (Å²) < 4.78 is 42.3. The van der Waals surface area contributed by atoms with E-state index in [0.717, 1.165) is 16.0 Å². The Labute approximate surface area is 176 Å². The Kier molecular flexibility index (Phi) is 5.15. The second kappa shape index (κ2) is 7.80. The highest BCUT2D eigenvalue weighted by Crippen LogP contribution is 2.31. The number of alkyl halides is 3. The first-order valence-corrected chi connectivity index (χ1v) is 9.60. The van der Waals surface area contributed by atoms with E-state index in [2.05, 4.69) is 25.6 Å². The molecule has 0 spiro atoms. The fraction of sp³-hybridized carbons (Fsp3) is 0.105. The number of hydrazone groups is 1. The highest BCUT2D eigenvalue weighted by molar-refractivity contribution is 7.20. The molecule has 4 rings (SSSR count). The van der Waals surface area contributed by atoms with E-state index in [-0.39, 0.29) is 16.4 Å². The molecule has 0 aliphatic carbocycles. The van der Waals surface area contributed by atoms with E-state index < -0.39 is 28.9 Å². The summed E-state index contributed by atoms with van der Waals surface area (Å²) in [7, 11) is 0. The molecule has 0 atom stereocenters. The fourth-order valence-electron chi connectivity index (χ4n) is 2.83. The van der Waals surface area contributed by atoms with Crippen molar-refractivity contribution in [3.63, 3.8) is 0 Å². The second-order valence-corrected chi connectivity index (χ2v) is 7.35. The zero-order chi connectivity index (χ0) is 22.2. The number of aromatic nitrogens is 4. The van der Waals surface area contributed by atoms with E-state index in [1.807, 2.05) is 0 Å². The van der Waals surface area contributed by atoms with Crippen molar-refractivity contribution in [1.82, 2.24) is 25.2 Å². The number of benzene rings is 1. The van der Waals surface area contributed by atoms with Crippen LogP contribution in [0.5, 0.6) is 0 Å². The Bertz CT molecular complexity index is 1320. The monoisotopic (exact) mass is 446 g/mol. The Hall–Kier alpha value is -3.80. The van der Waals surface area contributed by atoms with Crippen molar-refractivity contribution in [2.75, 3.05) is 0 Å². The van der Waals surface area contributed by atoms with Crippen LogP contribution in [0.2, 0.25) is 0 Å². The molecule has 0 fully saturated rings. The van der Waals surface area contributed by atoms with Crippen LogP contribution in [0.3, 0.4) is 0 Å². The van der Waals surface area contributed by atoms with Gasteiger partial charge in [0.2, 0.25) is 5.13 Å². The van der Waals surface area contributed by atoms with Crippen molar-refractivity contribution in [3.05, 3.63) is 76.0 Å². The molecule has 0 saturated heterocycles. The number of pyridine rings is 1. The normalized spacial score (nSPS) is 12.3. The summed E-state index contributed by atoms with van der Waals surface area (Å²) >= 11 is 1.06. The van der Waals surface area contributed by atoms with Gasteiger partial charge in [0, 0.05) is 18.0 Å². The number of carbonyl (C=O) groups excluding carboxylic acids is 1. The summed E-state index contributed by atoms with van der Waals surface area (Å²) in [6.45, 7) is 1.20. The molecule has 158 valence electrons. The third kappa shape index (κ3) is 3.97. The molecule has 0 aliphatic rings. The summed E-state index contributed by atoms with van der Waals surface area (Å²) in [6.07, 6.45) is -2.09. The molecule has 0 radical (unpaired) electrons. The van der Waals surface area contributed by atoms with Crippen LogP contribution in [0, 0.1) is 0 Å². The van der Waals surface area contributed by atoms with E-state index in [4.69, 9.17) is 0 Å². The van der Waals surface area contributed by atoms with E-state index in [9.17, 15) is 22.8 Å². The Morgan fingerprint density at radius 1 is 1.19 bits per heavy atom. The van der Waals surface area contributed by atoms with E-state index in [0.29, 0.717) is 10.2 Å². The number of hydrogen-bond acceptors (Lipinski definition) is 6. The largest absolute Gasteiger partial charge is 0.433 e. The molecule has 1 aromatic carbocycles. The summed E-state index contributed by atoms with van der Waals surface area (Å²) in [6, 6.07) is 9.76. The summed E-state index contributed by atoms with van der Waals surface area (Å²) in [5.74, 6) is -0.655. The molecule has 2 N–H and O–H groups in total. The van der Waals surface area contributed by atoms with Crippen molar-refractivity contribution in [2.24, 2.45) is 5.10 Å². The number of para-hydroxylation sites is 1. The number of hydrogen-bond donors (Lipinski definition) is 2. The van der Waals surface area contributed by atoms with Gasteiger partial charge in [0.05, 0.1) is 21.5 Å². The quantitative estimate of drug-likeness (QED) is 0.371. The lowest BCUT2D eigenvalue weighted by Gasteiger charge is -2.06. The van der Waals surface area contributed by atoms with Gasteiger partial charge in [-0.2, -0.15) is 23.0 Å². The first kappa shape index (κ1) is 20.5. The van der Waals surface area contributed by atoms with Crippen LogP contribution in [0.1, 0.15) is 28.5 Å². The molecular formula is C19H13F3N6O2S. The average Bonchev–Trinajstić information content (AvgIpc) is 3.33. The van der Waals surface area contributed by atoms with Crippen LogP contribution in [-0.2, 0) is 6.18 Å². The minimum atomic E-state index is -4.86. The number of nitrogens with one attached hydrogen (secondary N) is 2. The number of nitrogens with zero attached hydrogens (tertiary/aromatic N) is 4. The number of amides is 1. The third-order valence-electron chi connectivity index (χ3n) is 4.28. The molecule has 0 unspecified atom stereocenters. The molecule has 4 aromatic rings. The van der Waals surface area contributed by atoms with Crippen molar-refractivity contribution in [2.45, 2.75) is 13.1 Å². The maximum absolute atomic E-state index is 13.6. The van der Waals surface area contributed by atoms with Gasteiger partial charge >= 0.3 is 6.18 Å². The van der Waals surface area contributed by atoms with E-state index in [1.165, 1.54) is 31.5 Å². The number of aromatic amines is 1. The van der Waals surface area contributed by atoms with E-state index >= 15 is 0 Å². The highest BCUT2D eigenvalue weighted by atomic mass is 32.1. The molecule has 31 heavy (non-hydrogen) atoms.